The first-order chi connectivity index (χ1) is 4.52. The van der Waals surface area contributed by atoms with Gasteiger partial charge in [-0.2, -0.15) is 0 Å². The summed E-state index contributed by atoms with van der Waals surface area (Å²) in [5.41, 5.74) is 0. The van der Waals surface area contributed by atoms with Crippen molar-refractivity contribution in [3.05, 3.63) is 9.47 Å². The Morgan fingerprint density at radius 3 is 2.50 bits per heavy atom. The molecule has 0 aromatic rings. The van der Waals surface area contributed by atoms with Gasteiger partial charge in [0.15, 0.2) is 0 Å². The van der Waals surface area contributed by atoms with Crippen LogP contribution in [-0.4, -0.2) is 17.2 Å². The summed E-state index contributed by atoms with van der Waals surface area (Å²) in [6.07, 6.45) is 0.665. The van der Waals surface area contributed by atoms with Crippen LogP contribution in [0.25, 0.3) is 0 Å². The van der Waals surface area contributed by atoms with E-state index in [0.717, 1.165) is 3.39 Å². The molecule has 0 heterocycles. The quantitative estimate of drug-likeness (QED) is 0.810. The van der Waals surface area contributed by atoms with E-state index in [-0.39, 0.29) is 6.04 Å². The number of hydrogen-bond acceptors (Lipinski definition) is 1. The minimum absolute atomic E-state index is 0.189. The van der Waals surface area contributed by atoms with Crippen molar-refractivity contribution in [2.45, 2.75) is 13.0 Å². The Balaban J connectivity index is 3.75. The van der Waals surface area contributed by atoms with E-state index in [1.807, 2.05) is 0 Å². The summed E-state index contributed by atoms with van der Waals surface area (Å²) in [4.78, 5) is 10.0. The zero-order chi connectivity index (χ0) is 8.15. The first kappa shape index (κ1) is 9.97. The zero-order valence-corrected chi connectivity index (χ0v) is 8.44. The van der Waals surface area contributed by atoms with Crippen LogP contribution >= 0.6 is 31.9 Å². The van der Waals surface area contributed by atoms with Gasteiger partial charge in [-0.05, 0) is 44.9 Å². The lowest BCUT2D eigenvalue weighted by Gasteiger charge is -2.04. The van der Waals surface area contributed by atoms with Crippen molar-refractivity contribution in [1.29, 1.82) is 0 Å². The van der Waals surface area contributed by atoms with E-state index in [0.29, 0.717) is 0 Å². The zero-order valence-electron chi connectivity index (χ0n) is 5.27. The molecule has 1 unspecified atom stereocenters. The normalized spacial score (nSPS) is 11.9. The molecule has 0 aromatic carbocycles. The van der Waals surface area contributed by atoms with Crippen molar-refractivity contribution >= 4 is 38.0 Å². The Labute approximate surface area is 75.8 Å². The molecule has 2 N–H and O–H groups in total. The molecule has 5 heteroatoms. The highest BCUT2D eigenvalue weighted by atomic mass is 79.9. The van der Waals surface area contributed by atoms with E-state index >= 15 is 0 Å². The predicted molar refractivity (Wildman–Crippen MR) is 46.6 cm³/mol. The number of halogens is 2. The van der Waals surface area contributed by atoms with E-state index in [2.05, 4.69) is 37.2 Å². The van der Waals surface area contributed by atoms with E-state index in [4.69, 9.17) is 5.11 Å². The molecular formula is C5H7Br2NO2. The SMILES string of the molecule is CC(C=C(Br)Br)NC(=O)O. The highest BCUT2D eigenvalue weighted by Crippen LogP contribution is 2.13. The lowest BCUT2D eigenvalue weighted by molar-refractivity contribution is 0.193. The first-order valence-corrected chi connectivity index (χ1v) is 4.13. The first-order valence-electron chi connectivity index (χ1n) is 2.54. The average molecular weight is 273 g/mol. The molecule has 0 aliphatic rings. The van der Waals surface area contributed by atoms with Gasteiger partial charge >= 0.3 is 6.09 Å². The van der Waals surface area contributed by atoms with Crippen LogP contribution in [0.5, 0.6) is 0 Å². The molecule has 0 radical (unpaired) electrons. The number of amides is 1. The van der Waals surface area contributed by atoms with E-state index in [1.165, 1.54) is 0 Å². The van der Waals surface area contributed by atoms with Gasteiger partial charge in [-0.1, -0.05) is 0 Å². The van der Waals surface area contributed by atoms with Crippen LogP contribution in [0.2, 0.25) is 0 Å². The molecule has 10 heavy (non-hydrogen) atoms. The van der Waals surface area contributed by atoms with Crippen LogP contribution in [0.15, 0.2) is 9.47 Å². The van der Waals surface area contributed by atoms with E-state index in [1.54, 1.807) is 13.0 Å². The van der Waals surface area contributed by atoms with E-state index in [9.17, 15) is 4.79 Å². The van der Waals surface area contributed by atoms with Crippen molar-refractivity contribution in [3.8, 4) is 0 Å². The molecule has 0 aliphatic heterocycles. The van der Waals surface area contributed by atoms with Gasteiger partial charge < -0.3 is 10.4 Å². The number of carbonyl (C=O) groups is 1. The number of rotatable bonds is 2. The Hall–Kier alpha value is -0.0300. The van der Waals surface area contributed by atoms with Crippen LogP contribution in [0.1, 0.15) is 6.92 Å². The lowest BCUT2D eigenvalue weighted by atomic mass is 10.3. The van der Waals surface area contributed by atoms with Crippen molar-refractivity contribution < 1.29 is 9.90 Å². The minimum Gasteiger partial charge on any atom is -0.465 e. The van der Waals surface area contributed by atoms with Gasteiger partial charge in [-0.25, -0.2) is 4.79 Å². The van der Waals surface area contributed by atoms with Crippen LogP contribution in [0, 0.1) is 0 Å². The smallest absolute Gasteiger partial charge is 0.405 e. The number of nitrogens with one attached hydrogen (secondary N) is 1. The van der Waals surface area contributed by atoms with Crippen LogP contribution < -0.4 is 5.32 Å². The van der Waals surface area contributed by atoms with Crippen LogP contribution in [-0.2, 0) is 0 Å². The third kappa shape index (κ3) is 6.10. The third-order valence-corrected chi connectivity index (χ3v) is 1.26. The molecule has 0 aliphatic carbocycles. The highest BCUT2D eigenvalue weighted by Gasteiger charge is 2.00. The maximum absolute atomic E-state index is 10.0. The molecule has 0 saturated heterocycles. The molecule has 0 rings (SSSR count). The van der Waals surface area contributed by atoms with Gasteiger partial charge in [0, 0.05) is 6.04 Å². The topological polar surface area (TPSA) is 49.3 Å². The van der Waals surface area contributed by atoms with Gasteiger partial charge in [0.2, 0.25) is 0 Å². The Kier molecular flexibility index (Phi) is 4.72. The second-order valence-electron chi connectivity index (χ2n) is 1.69. The molecule has 0 spiro atoms. The van der Waals surface area contributed by atoms with Gasteiger partial charge in [0.25, 0.3) is 0 Å². The second kappa shape index (κ2) is 4.73. The summed E-state index contributed by atoms with van der Waals surface area (Å²) in [5, 5.41) is 10.5. The maximum Gasteiger partial charge on any atom is 0.405 e. The summed E-state index contributed by atoms with van der Waals surface area (Å²) >= 11 is 6.22. The van der Waals surface area contributed by atoms with Gasteiger partial charge in [0.05, 0.1) is 3.39 Å². The van der Waals surface area contributed by atoms with Crippen molar-refractivity contribution in [2.75, 3.05) is 0 Å². The molecule has 0 saturated carbocycles. The minimum atomic E-state index is -1.02. The average Bonchev–Trinajstić information content (AvgIpc) is 1.58. The molecule has 1 atom stereocenters. The molecule has 0 bridgehead atoms. The fourth-order valence-corrected chi connectivity index (χ4v) is 1.22. The molecular weight excluding hydrogens is 266 g/mol. The summed E-state index contributed by atoms with van der Waals surface area (Å²) in [5.74, 6) is 0. The van der Waals surface area contributed by atoms with E-state index < -0.39 is 6.09 Å². The highest BCUT2D eigenvalue weighted by molar-refractivity contribution is 9.28. The Bertz CT molecular complexity index is 154. The fraction of sp³-hybridized carbons (Fsp3) is 0.400. The molecule has 3 nitrogen and oxygen atoms in total. The van der Waals surface area contributed by atoms with Crippen molar-refractivity contribution in [2.24, 2.45) is 0 Å². The van der Waals surface area contributed by atoms with Crippen LogP contribution in [0.4, 0.5) is 4.79 Å². The summed E-state index contributed by atoms with van der Waals surface area (Å²) in [6.45, 7) is 1.73. The number of carboxylic acid groups (broad SMARTS) is 1. The van der Waals surface area contributed by atoms with Crippen molar-refractivity contribution in [1.82, 2.24) is 5.32 Å². The molecule has 0 fully saturated rings. The standard InChI is InChI=1S/C5H7Br2NO2/c1-3(2-4(6)7)8-5(9)10/h2-3,8H,1H3,(H,9,10). The van der Waals surface area contributed by atoms with Gasteiger partial charge in [-0.15, -0.1) is 0 Å². The largest absolute Gasteiger partial charge is 0.465 e. The molecule has 1 amide bonds. The summed E-state index contributed by atoms with van der Waals surface area (Å²) in [7, 11) is 0. The van der Waals surface area contributed by atoms with Gasteiger partial charge in [0.1, 0.15) is 0 Å². The molecule has 0 aromatic heterocycles. The fourth-order valence-electron chi connectivity index (χ4n) is 0.425. The lowest BCUT2D eigenvalue weighted by Crippen LogP contribution is -2.29. The Morgan fingerprint density at radius 1 is 1.70 bits per heavy atom. The second-order valence-corrected chi connectivity index (χ2v) is 4.47. The predicted octanol–water partition coefficient (Wildman–Crippen LogP) is 2.27. The summed E-state index contributed by atoms with van der Waals surface area (Å²) < 4.78 is 0.737. The maximum atomic E-state index is 10.0. The monoisotopic (exact) mass is 271 g/mol. The van der Waals surface area contributed by atoms with Crippen molar-refractivity contribution in [3.63, 3.8) is 0 Å². The molecule has 58 valence electrons. The third-order valence-electron chi connectivity index (χ3n) is 0.727. The number of hydrogen-bond donors (Lipinski definition) is 2. The Morgan fingerprint density at radius 2 is 2.20 bits per heavy atom. The van der Waals surface area contributed by atoms with Crippen LogP contribution in [0.3, 0.4) is 0 Å². The summed E-state index contributed by atoms with van der Waals surface area (Å²) in [6, 6.07) is -0.189. The van der Waals surface area contributed by atoms with Gasteiger partial charge in [-0.3, -0.25) is 0 Å².